The maximum absolute atomic E-state index is 12.3. The van der Waals surface area contributed by atoms with E-state index in [4.69, 9.17) is 16.3 Å². The van der Waals surface area contributed by atoms with E-state index in [1.165, 1.54) is 5.56 Å². The van der Waals surface area contributed by atoms with Gasteiger partial charge in [0.2, 0.25) is 5.91 Å². The van der Waals surface area contributed by atoms with E-state index in [1.807, 2.05) is 18.2 Å². The summed E-state index contributed by atoms with van der Waals surface area (Å²) in [7, 11) is 0. The molecule has 1 amide bonds. The molecule has 5 heteroatoms. The Labute approximate surface area is 168 Å². The minimum absolute atomic E-state index is 0.0728. The second-order valence-electron chi connectivity index (χ2n) is 6.83. The van der Waals surface area contributed by atoms with E-state index in [2.05, 4.69) is 52.4 Å². The van der Waals surface area contributed by atoms with Crippen molar-refractivity contribution in [2.75, 3.05) is 6.61 Å². The average molecular weight is 437 g/mol. The molecular weight excluding hydrogens is 414 g/mol. The van der Waals surface area contributed by atoms with Gasteiger partial charge in [-0.1, -0.05) is 51.8 Å². The first-order valence-corrected chi connectivity index (χ1v) is 10.1. The van der Waals surface area contributed by atoms with Crippen LogP contribution >= 0.6 is 27.5 Å². The molecule has 26 heavy (non-hydrogen) atoms. The standard InChI is InChI=1S/C21H23BrClNO2/c1-15(21(12-13-21)16-8-10-17(22)11-9-16)24-20(25)7-4-14-26-19-6-3-2-5-18(19)23/h2-3,5-6,8-11,15H,4,7,12-14H2,1H3,(H,24,25). The van der Waals surface area contributed by atoms with Gasteiger partial charge in [-0.3, -0.25) is 4.79 Å². The lowest BCUT2D eigenvalue weighted by atomic mass is 9.89. The summed E-state index contributed by atoms with van der Waals surface area (Å²) in [6.45, 7) is 2.58. The fourth-order valence-corrected chi connectivity index (χ4v) is 3.77. The van der Waals surface area contributed by atoms with E-state index in [1.54, 1.807) is 6.07 Å². The molecule has 0 bridgehead atoms. The zero-order valence-electron chi connectivity index (χ0n) is 14.8. The first-order valence-electron chi connectivity index (χ1n) is 8.94. The molecule has 1 atom stereocenters. The van der Waals surface area contributed by atoms with Gasteiger partial charge in [-0.05, 0) is 56.0 Å². The van der Waals surface area contributed by atoms with Crippen LogP contribution in [0.5, 0.6) is 5.75 Å². The van der Waals surface area contributed by atoms with Crippen LogP contribution in [-0.2, 0) is 10.2 Å². The average Bonchev–Trinajstić information content (AvgIpc) is 3.43. The third-order valence-electron chi connectivity index (χ3n) is 5.06. The van der Waals surface area contributed by atoms with Crippen LogP contribution in [0.15, 0.2) is 53.0 Å². The number of amides is 1. The van der Waals surface area contributed by atoms with Gasteiger partial charge in [0.1, 0.15) is 5.75 Å². The zero-order valence-corrected chi connectivity index (χ0v) is 17.1. The molecule has 0 aliphatic heterocycles. The number of ether oxygens (including phenoxy) is 1. The van der Waals surface area contributed by atoms with Crippen LogP contribution in [0.4, 0.5) is 0 Å². The minimum atomic E-state index is 0.0728. The lowest BCUT2D eigenvalue weighted by Gasteiger charge is -2.25. The summed E-state index contributed by atoms with van der Waals surface area (Å²) in [6, 6.07) is 15.9. The molecule has 138 valence electrons. The van der Waals surface area contributed by atoms with Crippen molar-refractivity contribution < 1.29 is 9.53 Å². The van der Waals surface area contributed by atoms with Gasteiger partial charge in [0.05, 0.1) is 11.6 Å². The summed E-state index contributed by atoms with van der Waals surface area (Å²) in [5.74, 6) is 0.735. The number of halogens is 2. The van der Waals surface area contributed by atoms with Crippen LogP contribution in [0.2, 0.25) is 5.02 Å². The maximum atomic E-state index is 12.3. The van der Waals surface area contributed by atoms with Gasteiger partial charge in [-0.25, -0.2) is 0 Å². The SMILES string of the molecule is CC(NC(=O)CCCOc1ccccc1Cl)C1(c2ccc(Br)cc2)CC1. The highest BCUT2D eigenvalue weighted by Gasteiger charge is 2.49. The van der Waals surface area contributed by atoms with Gasteiger partial charge in [-0.2, -0.15) is 0 Å². The van der Waals surface area contributed by atoms with E-state index in [-0.39, 0.29) is 17.4 Å². The Morgan fingerprint density at radius 1 is 1.23 bits per heavy atom. The summed E-state index contributed by atoms with van der Waals surface area (Å²) in [4.78, 5) is 12.3. The Balaban J connectivity index is 1.44. The van der Waals surface area contributed by atoms with Crippen molar-refractivity contribution in [2.45, 2.75) is 44.1 Å². The summed E-state index contributed by atoms with van der Waals surface area (Å²) >= 11 is 9.53. The number of hydrogen-bond acceptors (Lipinski definition) is 2. The third kappa shape index (κ3) is 4.60. The predicted octanol–water partition coefficient (Wildman–Crippen LogP) is 5.50. The highest BCUT2D eigenvalue weighted by atomic mass is 79.9. The normalized spacial score (nSPS) is 16.0. The molecule has 1 unspecified atom stereocenters. The molecule has 3 nitrogen and oxygen atoms in total. The summed E-state index contributed by atoms with van der Waals surface area (Å²) < 4.78 is 6.71. The molecule has 2 aromatic carbocycles. The molecule has 1 N–H and O–H groups in total. The van der Waals surface area contributed by atoms with Crippen molar-refractivity contribution in [3.05, 3.63) is 63.6 Å². The van der Waals surface area contributed by atoms with Crippen molar-refractivity contribution in [1.82, 2.24) is 5.32 Å². The lowest BCUT2D eigenvalue weighted by molar-refractivity contribution is -0.122. The Morgan fingerprint density at radius 2 is 1.92 bits per heavy atom. The van der Waals surface area contributed by atoms with Gasteiger partial charge in [0, 0.05) is 22.4 Å². The van der Waals surface area contributed by atoms with Gasteiger partial charge in [-0.15, -0.1) is 0 Å². The second-order valence-corrected chi connectivity index (χ2v) is 8.16. The van der Waals surface area contributed by atoms with E-state index in [0.717, 1.165) is 17.3 Å². The zero-order chi connectivity index (χ0) is 18.6. The van der Waals surface area contributed by atoms with Crippen LogP contribution in [0, 0.1) is 0 Å². The van der Waals surface area contributed by atoms with Crippen LogP contribution in [0.25, 0.3) is 0 Å². The van der Waals surface area contributed by atoms with Crippen molar-refractivity contribution in [1.29, 1.82) is 0 Å². The monoisotopic (exact) mass is 435 g/mol. The highest BCUT2D eigenvalue weighted by Crippen LogP contribution is 2.51. The number of benzene rings is 2. The van der Waals surface area contributed by atoms with E-state index in [0.29, 0.717) is 30.2 Å². The van der Waals surface area contributed by atoms with Gasteiger partial charge < -0.3 is 10.1 Å². The summed E-state index contributed by atoms with van der Waals surface area (Å²) in [6.07, 6.45) is 3.34. The van der Waals surface area contributed by atoms with Crippen LogP contribution in [0.3, 0.4) is 0 Å². The first-order chi connectivity index (χ1) is 12.5. The smallest absolute Gasteiger partial charge is 0.220 e. The highest BCUT2D eigenvalue weighted by molar-refractivity contribution is 9.10. The fourth-order valence-electron chi connectivity index (χ4n) is 3.32. The number of hydrogen-bond donors (Lipinski definition) is 1. The Bertz CT molecular complexity index is 759. The van der Waals surface area contributed by atoms with Gasteiger partial charge >= 0.3 is 0 Å². The number of carbonyl (C=O) groups is 1. The quantitative estimate of drug-likeness (QED) is 0.555. The Kier molecular flexibility index (Phi) is 6.25. The molecule has 1 fully saturated rings. The van der Waals surface area contributed by atoms with E-state index >= 15 is 0 Å². The molecule has 3 rings (SSSR count). The van der Waals surface area contributed by atoms with Crippen LogP contribution in [-0.4, -0.2) is 18.6 Å². The van der Waals surface area contributed by atoms with Crippen molar-refractivity contribution in [3.8, 4) is 5.75 Å². The molecule has 0 radical (unpaired) electrons. The number of rotatable bonds is 8. The topological polar surface area (TPSA) is 38.3 Å². The van der Waals surface area contributed by atoms with Crippen LogP contribution in [0.1, 0.15) is 38.2 Å². The predicted molar refractivity (Wildman–Crippen MR) is 109 cm³/mol. The van der Waals surface area contributed by atoms with Crippen molar-refractivity contribution in [2.24, 2.45) is 0 Å². The van der Waals surface area contributed by atoms with E-state index in [9.17, 15) is 4.79 Å². The molecule has 0 spiro atoms. The summed E-state index contributed by atoms with van der Waals surface area (Å²) in [5.41, 5.74) is 1.39. The summed E-state index contributed by atoms with van der Waals surface area (Å²) in [5, 5.41) is 3.77. The van der Waals surface area contributed by atoms with Crippen molar-refractivity contribution >= 4 is 33.4 Å². The van der Waals surface area contributed by atoms with Gasteiger partial charge in [0.15, 0.2) is 0 Å². The molecular formula is C21H23BrClNO2. The van der Waals surface area contributed by atoms with Crippen LogP contribution < -0.4 is 10.1 Å². The molecule has 0 aromatic heterocycles. The molecule has 1 aliphatic rings. The van der Waals surface area contributed by atoms with Gasteiger partial charge in [0.25, 0.3) is 0 Å². The molecule has 2 aromatic rings. The number of para-hydroxylation sites is 1. The molecule has 0 saturated heterocycles. The lowest BCUT2D eigenvalue weighted by Crippen LogP contribution is -2.41. The van der Waals surface area contributed by atoms with E-state index < -0.39 is 0 Å². The third-order valence-corrected chi connectivity index (χ3v) is 5.90. The minimum Gasteiger partial charge on any atom is -0.492 e. The molecule has 1 saturated carbocycles. The maximum Gasteiger partial charge on any atom is 0.220 e. The van der Waals surface area contributed by atoms with Crippen molar-refractivity contribution in [3.63, 3.8) is 0 Å². The fraction of sp³-hybridized carbons (Fsp3) is 0.381. The molecule has 0 heterocycles. The Hall–Kier alpha value is -1.52. The largest absolute Gasteiger partial charge is 0.492 e. The molecule has 1 aliphatic carbocycles. The second kappa shape index (κ2) is 8.45. The number of nitrogens with one attached hydrogen (secondary N) is 1. The first kappa shape index (κ1) is 19.2. The number of carbonyl (C=O) groups excluding carboxylic acids is 1. The Morgan fingerprint density at radius 3 is 2.58 bits per heavy atom.